The number of aliphatic imine (C=N–C) groups is 1. The van der Waals surface area contributed by atoms with Gasteiger partial charge in [0, 0.05) is 12.8 Å². The van der Waals surface area contributed by atoms with E-state index in [4.69, 9.17) is 10.6 Å². The van der Waals surface area contributed by atoms with Crippen molar-refractivity contribution in [2.24, 2.45) is 10.8 Å². The molecule has 0 aliphatic carbocycles. The molecule has 0 fully saturated rings. The minimum absolute atomic E-state index is 0.0656. The number of benzene rings is 1. The van der Waals surface area contributed by atoms with Gasteiger partial charge in [-0.2, -0.15) is 0 Å². The molecule has 1 aromatic carbocycles. The molecule has 0 aliphatic rings. The topological polar surface area (TPSA) is 71.7 Å². The van der Waals surface area contributed by atoms with Crippen molar-refractivity contribution >= 4 is 27.6 Å². The Balaban J connectivity index is 2.90. The Kier molecular flexibility index (Phi) is 6.20. The Morgan fingerprint density at radius 3 is 2.84 bits per heavy atom. The third-order valence-electron chi connectivity index (χ3n) is 2.41. The van der Waals surface area contributed by atoms with E-state index in [0.717, 1.165) is 5.56 Å². The van der Waals surface area contributed by atoms with Gasteiger partial charge in [0.15, 0.2) is 0 Å². The Hall–Kier alpha value is -1.18. The van der Waals surface area contributed by atoms with E-state index in [1.807, 2.05) is 13.8 Å². The summed E-state index contributed by atoms with van der Waals surface area (Å²) in [4.78, 5) is 4.28. The van der Waals surface area contributed by atoms with Crippen LogP contribution in [0.25, 0.3) is 0 Å². The Morgan fingerprint density at radius 2 is 2.26 bits per heavy atom. The van der Waals surface area contributed by atoms with Crippen molar-refractivity contribution < 1.29 is 9.13 Å². The molecule has 0 aliphatic heterocycles. The maximum absolute atomic E-state index is 13.5. The van der Waals surface area contributed by atoms with Gasteiger partial charge in [0.1, 0.15) is 5.82 Å². The number of hydrazine groups is 1. The third kappa shape index (κ3) is 4.77. The number of methoxy groups -OCH3 is 1. The molecule has 0 radical (unpaired) electrons. The number of nitrogens with zero attached hydrogens (tertiary/aromatic N) is 1. The first-order chi connectivity index (χ1) is 8.97. The van der Waals surface area contributed by atoms with Crippen LogP contribution in [0.1, 0.15) is 12.5 Å². The quantitative estimate of drug-likeness (QED) is 0.342. The van der Waals surface area contributed by atoms with Crippen LogP contribution in [0.5, 0.6) is 0 Å². The van der Waals surface area contributed by atoms with Crippen molar-refractivity contribution in [1.29, 1.82) is 0 Å². The molecule has 5 nitrogen and oxygen atoms in total. The standard InChI is InChI=1S/C12H18BrFN4O/c1-7-4-9(13)10(14)5-11(7)17-12(18-15)16-8(2)6-19-3/h4-5,8H,6,15H2,1-3H3,(H2,16,17,18). The maximum Gasteiger partial charge on any atom is 0.210 e. The fourth-order valence-corrected chi connectivity index (χ4v) is 1.97. The number of nitrogens with one attached hydrogen (secondary N) is 2. The molecule has 0 saturated carbocycles. The molecule has 0 heterocycles. The summed E-state index contributed by atoms with van der Waals surface area (Å²) in [6.07, 6.45) is 0. The molecular weight excluding hydrogens is 315 g/mol. The van der Waals surface area contributed by atoms with Gasteiger partial charge >= 0.3 is 0 Å². The molecule has 1 rings (SSSR count). The van der Waals surface area contributed by atoms with Gasteiger partial charge in [-0.1, -0.05) is 0 Å². The molecule has 106 valence electrons. The van der Waals surface area contributed by atoms with E-state index in [2.05, 4.69) is 31.7 Å². The zero-order chi connectivity index (χ0) is 14.4. The van der Waals surface area contributed by atoms with Gasteiger partial charge in [-0.3, -0.25) is 5.43 Å². The van der Waals surface area contributed by atoms with Gasteiger partial charge in [-0.25, -0.2) is 15.2 Å². The minimum Gasteiger partial charge on any atom is -0.382 e. The molecule has 4 N–H and O–H groups in total. The SMILES string of the molecule is COCC(C)N=C(NN)Nc1cc(F)c(Br)cc1C. The number of halogens is 2. The highest BCUT2D eigenvalue weighted by Gasteiger charge is 2.08. The predicted octanol–water partition coefficient (Wildman–Crippen LogP) is 2.16. The number of anilines is 1. The van der Waals surface area contributed by atoms with Crippen molar-refractivity contribution in [2.45, 2.75) is 19.9 Å². The maximum atomic E-state index is 13.5. The molecule has 0 saturated heterocycles. The molecule has 0 spiro atoms. The highest BCUT2D eigenvalue weighted by Crippen LogP contribution is 2.23. The first kappa shape index (κ1) is 15.9. The summed E-state index contributed by atoms with van der Waals surface area (Å²) in [6.45, 7) is 4.22. The monoisotopic (exact) mass is 332 g/mol. The van der Waals surface area contributed by atoms with Crippen LogP contribution >= 0.6 is 15.9 Å². The zero-order valence-electron chi connectivity index (χ0n) is 11.1. The van der Waals surface area contributed by atoms with E-state index in [0.29, 0.717) is 22.7 Å². The summed E-state index contributed by atoms with van der Waals surface area (Å²) in [6, 6.07) is 3.00. The fraction of sp³-hybridized carbons (Fsp3) is 0.417. The van der Waals surface area contributed by atoms with E-state index in [9.17, 15) is 4.39 Å². The molecular formula is C12H18BrFN4O. The Bertz CT molecular complexity index is 467. The van der Waals surface area contributed by atoms with Crippen LogP contribution < -0.4 is 16.6 Å². The molecule has 0 aromatic heterocycles. The second-order valence-corrected chi connectivity index (χ2v) is 4.99. The van der Waals surface area contributed by atoms with Gasteiger partial charge in [-0.05, 0) is 47.5 Å². The number of hydrogen-bond acceptors (Lipinski definition) is 3. The number of aryl methyl sites for hydroxylation is 1. The summed E-state index contributed by atoms with van der Waals surface area (Å²) < 4.78 is 18.9. The van der Waals surface area contributed by atoms with E-state index in [1.165, 1.54) is 6.07 Å². The van der Waals surface area contributed by atoms with E-state index in [-0.39, 0.29) is 11.9 Å². The zero-order valence-corrected chi connectivity index (χ0v) is 12.7. The number of guanidine groups is 1. The van der Waals surface area contributed by atoms with Gasteiger partial charge in [0.25, 0.3) is 0 Å². The van der Waals surface area contributed by atoms with Crippen molar-refractivity contribution in [3.63, 3.8) is 0 Å². The largest absolute Gasteiger partial charge is 0.382 e. The van der Waals surface area contributed by atoms with Crippen LogP contribution in [0.2, 0.25) is 0 Å². The average molecular weight is 333 g/mol. The van der Waals surface area contributed by atoms with Crippen molar-refractivity contribution in [1.82, 2.24) is 5.43 Å². The van der Waals surface area contributed by atoms with Crippen molar-refractivity contribution in [3.05, 3.63) is 28.0 Å². The number of ether oxygens (including phenoxy) is 1. The van der Waals surface area contributed by atoms with E-state index < -0.39 is 0 Å². The molecule has 7 heteroatoms. The summed E-state index contributed by atoms with van der Waals surface area (Å²) >= 11 is 3.13. The molecule has 1 aromatic rings. The third-order valence-corrected chi connectivity index (χ3v) is 3.02. The van der Waals surface area contributed by atoms with Crippen LogP contribution in [0.15, 0.2) is 21.6 Å². The van der Waals surface area contributed by atoms with Crippen LogP contribution in [-0.2, 0) is 4.74 Å². The lowest BCUT2D eigenvalue weighted by Gasteiger charge is -2.14. The van der Waals surface area contributed by atoms with E-state index >= 15 is 0 Å². The summed E-state index contributed by atoms with van der Waals surface area (Å²) in [5.41, 5.74) is 3.92. The lowest BCUT2D eigenvalue weighted by molar-refractivity contribution is 0.185. The normalized spacial score (nSPS) is 13.3. The van der Waals surface area contributed by atoms with Gasteiger partial charge in [0.2, 0.25) is 5.96 Å². The molecule has 1 atom stereocenters. The van der Waals surface area contributed by atoms with Gasteiger partial charge in [0.05, 0.1) is 17.1 Å². The van der Waals surface area contributed by atoms with Crippen LogP contribution in [0.3, 0.4) is 0 Å². The smallest absolute Gasteiger partial charge is 0.210 e. The van der Waals surface area contributed by atoms with E-state index in [1.54, 1.807) is 13.2 Å². The van der Waals surface area contributed by atoms with Crippen LogP contribution in [0, 0.1) is 12.7 Å². The predicted molar refractivity (Wildman–Crippen MR) is 78.6 cm³/mol. The first-order valence-corrected chi connectivity index (χ1v) is 6.53. The fourth-order valence-electron chi connectivity index (χ4n) is 1.51. The number of hydrogen-bond donors (Lipinski definition) is 3. The highest BCUT2D eigenvalue weighted by molar-refractivity contribution is 9.10. The number of nitrogens with two attached hydrogens (primary N) is 1. The second-order valence-electron chi connectivity index (χ2n) is 4.13. The summed E-state index contributed by atoms with van der Waals surface area (Å²) in [5.74, 6) is 5.40. The number of rotatable bonds is 4. The molecule has 1 unspecified atom stereocenters. The average Bonchev–Trinajstić information content (AvgIpc) is 2.35. The molecule has 0 amide bonds. The molecule has 0 bridgehead atoms. The lowest BCUT2D eigenvalue weighted by Crippen LogP contribution is -2.37. The van der Waals surface area contributed by atoms with Gasteiger partial charge in [-0.15, -0.1) is 0 Å². The van der Waals surface area contributed by atoms with Crippen LogP contribution in [0.4, 0.5) is 10.1 Å². The Labute approximate surface area is 120 Å². The first-order valence-electron chi connectivity index (χ1n) is 5.74. The summed E-state index contributed by atoms with van der Waals surface area (Å²) in [7, 11) is 1.60. The van der Waals surface area contributed by atoms with Crippen molar-refractivity contribution in [3.8, 4) is 0 Å². The van der Waals surface area contributed by atoms with Crippen LogP contribution in [-0.4, -0.2) is 25.7 Å². The summed E-state index contributed by atoms with van der Waals surface area (Å²) in [5, 5.41) is 2.95. The highest BCUT2D eigenvalue weighted by atomic mass is 79.9. The second kappa shape index (κ2) is 7.42. The minimum atomic E-state index is -0.352. The Morgan fingerprint density at radius 1 is 1.58 bits per heavy atom. The van der Waals surface area contributed by atoms with Gasteiger partial charge < -0.3 is 10.1 Å². The van der Waals surface area contributed by atoms with Crippen molar-refractivity contribution in [2.75, 3.05) is 19.0 Å². The lowest BCUT2D eigenvalue weighted by atomic mass is 10.2. The molecule has 19 heavy (non-hydrogen) atoms.